The van der Waals surface area contributed by atoms with Gasteiger partial charge in [-0.1, -0.05) is 30.3 Å². The normalized spacial score (nSPS) is 12.0. The summed E-state index contributed by atoms with van der Waals surface area (Å²) in [4.78, 5) is 33.6. The largest absolute Gasteiger partial charge is 0.444 e. The molecular weight excluding hydrogens is 392 g/mol. The molecule has 0 bridgehead atoms. The zero-order valence-electron chi connectivity index (χ0n) is 17.8. The first-order chi connectivity index (χ1) is 14.8. The quantitative estimate of drug-likeness (QED) is 0.625. The Hall–Kier alpha value is -3.74. The summed E-state index contributed by atoms with van der Waals surface area (Å²) >= 11 is 0. The second kappa shape index (κ2) is 9.84. The maximum absolute atomic E-state index is 12.9. The lowest BCUT2D eigenvalue weighted by molar-refractivity contribution is -0.118. The van der Waals surface area contributed by atoms with Crippen molar-refractivity contribution < 1.29 is 14.3 Å². The number of nitrogens with zero attached hydrogens (tertiary/aromatic N) is 2. The first-order valence-electron chi connectivity index (χ1n) is 10.0. The minimum absolute atomic E-state index is 0.320. The molecule has 0 saturated carbocycles. The molecule has 2 aromatic heterocycles. The molecule has 7 heteroatoms. The number of hydrogen-bond donors (Lipinski definition) is 2. The Kier molecular flexibility index (Phi) is 6.97. The number of alkyl carbamates (subject to hydrolysis) is 1. The van der Waals surface area contributed by atoms with Crippen LogP contribution < -0.4 is 10.6 Å². The van der Waals surface area contributed by atoms with Gasteiger partial charge in [0, 0.05) is 30.6 Å². The summed E-state index contributed by atoms with van der Waals surface area (Å²) in [6.07, 6.45) is 4.77. The molecule has 3 aromatic rings. The average molecular weight is 418 g/mol. The highest BCUT2D eigenvalue weighted by Crippen LogP contribution is 2.18. The van der Waals surface area contributed by atoms with E-state index in [1.807, 2.05) is 48.5 Å². The minimum atomic E-state index is -0.820. The Morgan fingerprint density at radius 1 is 0.968 bits per heavy atom. The number of carbonyl (C=O) groups excluding carboxylic acids is 2. The van der Waals surface area contributed by atoms with Crippen molar-refractivity contribution in [3.05, 3.63) is 78.8 Å². The molecule has 1 aromatic carbocycles. The highest BCUT2D eigenvalue weighted by atomic mass is 16.6. The van der Waals surface area contributed by atoms with Crippen molar-refractivity contribution >= 4 is 17.8 Å². The van der Waals surface area contributed by atoms with E-state index in [9.17, 15) is 9.59 Å². The van der Waals surface area contributed by atoms with Crippen molar-refractivity contribution in [2.45, 2.75) is 38.8 Å². The summed E-state index contributed by atoms with van der Waals surface area (Å²) in [5.41, 5.74) is 2.14. The molecule has 0 aliphatic rings. The fourth-order valence-electron chi connectivity index (χ4n) is 2.91. The minimum Gasteiger partial charge on any atom is -0.444 e. The van der Waals surface area contributed by atoms with E-state index in [0.29, 0.717) is 12.2 Å². The number of pyridine rings is 2. The number of amides is 2. The number of benzene rings is 1. The molecule has 31 heavy (non-hydrogen) atoms. The number of ether oxygens (including phenoxy) is 1. The van der Waals surface area contributed by atoms with Crippen LogP contribution >= 0.6 is 0 Å². The Morgan fingerprint density at radius 3 is 2.29 bits per heavy atom. The van der Waals surface area contributed by atoms with Gasteiger partial charge >= 0.3 is 6.09 Å². The van der Waals surface area contributed by atoms with E-state index < -0.39 is 17.7 Å². The molecule has 1 atom stereocenters. The van der Waals surface area contributed by atoms with Crippen LogP contribution in [0.3, 0.4) is 0 Å². The predicted octanol–water partition coefficient (Wildman–Crippen LogP) is 4.22. The first-order valence-corrected chi connectivity index (χ1v) is 10.0. The van der Waals surface area contributed by atoms with Crippen molar-refractivity contribution in [1.29, 1.82) is 0 Å². The van der Waals surface area contributed by atoms with Gasteiger partial charge in [0.05, 0.1) is 0 Å². The van der Waals surface area contributed by atoms with E-state index in [2.05, 4.69) is 20.6 Å². The van der Waals surface area contributed by atoms with Gasteiger partial charge in [0.2, 0.25) is 5.91 Å². The number of hydrogen-bond acceptors (Lipinski definition) is 5. The second-order valence-electron chi connectivity index (χ2n) is 8.05. The van der Waals surface area contributed by atoms with Gasteiger partial charge < -0.3 is 15.4 Å². The number of nitrogens with one attached hydrogen (secondary N) is 2. The van der Waals surface area contributed by atoms with Gasteiger partial charge in [-0.25, -0.2) is 9.78 Å². The molecular formula is C24H26N4O3. The predicted molar refractivity (Wildman–Crippen MR) is 119 cm³/mol. The fraction of sp³-hybridized carbons (Fsp3) is 0.250. The third-order valence-corrected chi connectivity index (χ3v) is 4.32. The van der Waals surface area contributed by atoms with Crippen LogP contribution in [0.2, 0.25) is 0 Å². The summed E-state index contributed by atoms with van der Waals surface area (Å²) in [5.74, 6) is 0.0192. The summed E-state index contributed by atoms with van der Waals surface area (Å²) < 4.78 is 5.32. The molecule has 0 radical (unpaired) electrons. The standard InChI is InChI=1S/C24H26N4O3/c1-24(2,3)31-23(30)27-20(15-17-7-5-4-6-8-17)22(29)28-21-10-9-19(16-26-21)18-11-13-25-14-12-18/h4-14,16,20H,15H2,1-3H3,(H,27,30)(H,26,28,29)/t20-/m1/s1. The summed E-state index contributed by atoms with van der Waals surface area (Å²) in [6, 6.07) is 16.0. The van der Waals surface area contributed by atoms with Crippen molar-refractivity contribution in [2.75, 3.05) is 5.32 Å². The molecule has 0 aliphatic carbocycles. The van der Waals surface area contributed by atoms with E-state index in [0.717, 1.165) is 16.7 Å². The van der Waals surface area contributed by atoms with Crippen LogP contribution in [-0.2, 0) is 16.0 Å². The van der Waals surface area contributed by atoms with E-state index in [1.165, 1.54) is 0 Å². The SMILES string of the molecule is CC(C)(C)OC(=O)N[C@H](Cc1ccccc1)C(=O)Nc1ccc(-c2ccncc2)cn1. The van der Waals surface area contributed by atoms with Crippen molar-refractivity contribution in [1.82, 2.24) is 15.3 Å². The zero-order chi connectivity index (χ0) is 22.3. The van der Waals surface area contributed by atoms with Crippen LogP contribution in [0, 0.1) is 0 Å². The van der Waals surface area contributed by atoms with Crippen LogP contribution in [0.1, 0.15) is 26.3 Å². The van der Waals surface area contributed by atoms with Crippen LogP contribution in [0.5, 0.6) is 0 Å². The van der Waals surface area contributed by atoms with Gasteiger partial charge in [0.1, 0.15) is 17.5 Å². The molecule has 3 rings (SSSR count). The maximum atomic E-state index is 12.9. The molecule has 0 unspecified atom stereocenters. The zero-order valence-corrected chi connectivity index (χ0v) is 17.8. The van der Waals surface area contributed by atoms with Crippen LogP contribution in [0.15, 0.2) is 73.2 Å². The molecule has 0 spiro atoms. The fourth-order valence-corrected chi connectivity index (χ4v) is 2.91. The maximum Gasteiger partial charge on any atom is 0.408 e. The van der Waals surface area contributed by atoms with Crippen molar-refractivity contribution in [2.24, 2.45) is 0 Å². The van der Waals surface area contributed by atoms with Gasteiger partial charge in [-0.15, -0.1) is 0 Å². The molecule has 0 aliphatic heterocycles. The lowest BCUT2D eigenvalue weighted by atomic mass is 10.1. The summed E-state index contributed by atoms with van der Waals surface area (Å²) in [5, 5.41) is 5.45. The van der Waals surface area contributed by atoms with Crippen molar-refractivity contribution in [3.8, 4) is 11.1 Å². The Labute approximate surface area is 181 Å². The van der Waals surface area contributed by atoms with Crippen molar-refractivity contribution in [3.63, 3.8) is 0 Å². The highest BCUT2D eigenvalue weighted by molar-refractivity contribution is 5.96. The Morgan fingerprint density at radius 2 is 1.68 bits per heavy atom. The molecule has 160 valence electrons. The van der Waals surface area contributed by atoms with E-state index >= 15 is 0 Å². The topological polar surface area (TPSA) is 93.2 Å². The van der Waals surface area contributed by atoms with Gasteiger partial charge in [-0.3, -0.25) is 9.78 Å². The number of carbonyl (C=O) groups is 2. The number of rotatable bonds is 6. The molecule has 0 fully saturated rings. The summed E-state index contributed by atoms with van der Waals surface area (Å²) in [6.45, 7) is 5.31. The molecule has 2 N–H and O–H groups in total. The lowest BCUT2D eigenvalue weighted by Gasteiger charge is -2.23. The first kappa shape index (κ1) is 22.0. The van der Waals surface area contributed by atoms with E-state index in [-0.39, 0.29) is 5.91 Å². The molecule has 2 heterocycles. The number of aromatic nitrogens is 2. The van der Waals surface area contributed by atoms with Gasteiger partial charge in [0.25, 0.3) is 0 Å². The van der Waals surface area contributed by atoms with Crippen LogP contribution in [0.25, 0.3) is 11.1 Å². The second-order valence-corrected chi connectivity index (χ2v) is 8.05. The average Bonchev–Trinajstić information content (AvgIpc) is 2.74. The smallest absolute Gasteiger partial charge is 0.408 e. The van der Waals surface area contributed by atoms with Gasteiger partial charge in [-0.05, 0) is 56.2 Å². The van der Waals surface area contributed by atoms with E-state index in [1.54, 1.807) is 45.4 Å². The Bertz CT molecular complexity index is 1000. The van der Waals surface area contributed by atoms with Gasteiger partial charge in [0.15, 0.2) is 0 Å². The Balaban J connectivity index is 1.71. The monoisotopic (exact) mass is 418 g/mol. The van der Waals surface area contributed by atoms with E-state index in [4.69, 9.17) is 4.74 Å². The van der Waals surface area contributed by atoms with Crippen LogP contribution in [0.4, 0.5) is 10.6 Å². The molecule has 0 saturated heterocycles. The third-order valence-electron chi connectivity index (χ3n) is 4.32. The summed E-state index contributed by atoms with van der Waals surface area (Å²) in [7, 11) is 0. The third kappa shape index (κ3) is 6.92. The van der Waals surface area contributed by atoms with Gasteiger partial charge in [-0.2, -0.15) is 0 Å². The number of anilines is 1. The molecule has 2 amide bonds. The molecule has 7 nitrogen and oxygen atoms in total. The lowest BCUT2D eigenvalue weighted by Crippen LogP contribution is -2.47. The van der Waals surface area contributed by atoms with Crippen LogP contribution in [-0.4, -0.2) is 33.6 Å². The highest BCUT2D eigenvalue weighted by Gasteiger charge is 2.25.